The lowest BCUT2D eigenvalue weighted by atomic mass is 10.1. The number of nitrogens with zero attached hydrogens (tertiary/aromatic N) is 5. The van der Waals surface area contributed by atoms with Gasteiger partial charge in [0.1, 0.15) is 6.61 Å². The van der Waals surface area contributed by atoms with Crippen molar-refractivity contribution < 1.29 is 9.53 Å². The van der Waals surface area contributed by atoms with Gasteiger partial charge in [-0.05, 0) is 32.0 Å². The van der Waals surface area contributed by atoms with Crippen LogP contribution >= 0.6 is 0 Å². The number of carbonyl (C=O) groups excluding carboxylic acids is 1. The van der Waals surface area contributed by atoms with Gasteiger partial charge in [-0.2, -0.15) is 5.10 Å². The summed E-state index contributed by atoms with van der Waals surface area (Å²) in [6, 6.07) is 2.11. The molecule has 0 saturated carbocycles. The lowest BCUT2D eigenvalue weighted by molar-refractivity contribution is -0.134. The van der Waals surface area contributed by atoms with Crippen LogP contribution in [0.2, 0.25) is 0 Å². The Morgan fingerprint density at radius 3 is 2.76 bits per heavy atom. The second kappa shape index (κ2) is 8.78. The van der Waals surface area contributed by atoms with Crippen LogP contribution in [0.25, 0.3) is 0 Å². The first kappa shape index (κ1) is 18.4. The second-order valence-electron chi connectivity index (χ2n) is 7.46. The van der Waals surface area contributed by atoms with Gasteiger partial charge in [-0.15, -0.1) is 0 Å². The number of hydrogen-bond acceptors (Lipinski definition) is 5. The highest BCUT2D eigenvalue weighted by atomic mass is 16.5. The van der Waals surface area contributed by atoms with E-state index in [4.69, 9.17) is 4.74 Å². The molecule has 1 saturated heterocycles. The van der Waals surface area contributed by atoms with Crippen molar-refractivity contribution in [1.29, 1.82) is 0 Å². The predicted molar refractivity (Wildman–Crippen MR) is 96.2 cm³/mol. The maximum atomic E-state index is 11.7. The number of rotatable bonds is 7. The van der Waals surface area contributed by atoms with Gasteiger partial charge in [-0.3, -0.25) is 14.4 Å². The normalized spacial score (nSPS) is 21.9. The lowest BCUT2D eigenvalue weighted by Crippen LogP contribution is -2.37. The molecule has 0 aliphatic carbocycles. The van der Waals surface area contributed by atoms with E-state index in [2.05, 4.69) is 25.6 Å². The fourth-order valence-electron chi connectivity index (χ4n) is 3.63. The summed E-state index contributed by atoms with van der Waals surface area (Å²) in [7, 11) is 3.51. The van der Waals surface area contributed by atoms with Crippen LogP contribution in [-0.2, 0) is 22.6 Å². The van der Waals surface area contributed by atoms with E-state index in [9.17, 15) is 4.79 Å². The monoisotopic (exact) mass is 349 g/mol. The molecule has 0 spiro atoms. The minimum atomic E-state index is 0.0132. The minimum Gasteiger partial charge on any atom is -0.371 e. The zero-order valence-electron chi connectivity index (χ0n) is 15.6. The summed E-state index contributed by atoms with van der Waals surface area (Å²) in [5, 5.41) is 4.46. The number of carbonyl (C=O) groups is 1. The number of fused-ring (bicyclic) bond motifs is 1. The van der Waals surface area contributed by atoms with Crippen LogP contribution in [0.1, 0.15) is 18.5 Å². The Hall–Kier alpha value is -1.44. The van der Waals surface area contributed by atoms with Crippen molar-refractivity contribution in [2.45, 2.75) is 25.9 Å². The molecule has 1 atom stereocenters. The van der Waals surface area contributed by atoms with Crippen LogP contribution in [0.15, 0.2) is 12.3 Å². The van der Waals surface area contributed by atoms with Gasteiger partial charge in [0.25, 0.3) is 0 Å². The van der Waals surface area contributed by atoms with Gasteiger partial charge in [0, 0.05) is 58.9 Å². The average molecular weight is 349 g/mol. The lowest BCUT2D eigenvalue weighted by Gasteiger charge is -2.26. The number of hydrogen-bond donors (Lipinski definition) is 0. The van der Waals surface area contributed by atoms with E-state index in [0.717, 1.165) is 32.7 Å². The van der Waals surface area contributed by atoms with Crippen molar-refractivity contribution in [3.05, 3.63) is 18.0 Å². The molecule has 7 heteroatoms. The van der Waals surface area contributed by atoms with Gasteiger partial charge in [0.15, 0.2) is 0 Å². The molecule has 1 amide bonds. The van der Waals surface area contributed by atoms with Crippen molar-refractivity contribution in [1.82, 2.24) is 24.5 Å². The van der Waals surface area contributed by atoms with E-state index in [1.165, 1.54) is 31.6 Å². The third-order valence-electron chi connectivity index (χ3n) is 5.15. The first-order valence-electron chi connectivity index (χ1n) is 9.35. The Bertz CT molecular complexity index is 553. The van der Waals surface area contributed by atoms with Gasteiger partial charge in [0.2, 0.25) is 5.91 Å². The Morgan fingerprint density at radius 1 is 1.24 bits per heavy atom. The highest BCUT2D eigenvalue weighted by molar-refractivity contribution is 5.76. The molecule has 3 rings (SSSR count). The zero-order chi connectivity index (χ0) is 17.6. The number of likely N-dealkylation sites (tertiary alicyclic amines) is 1. The molecule has 2 aliphatic rings. The van der Waals surface area contributed by atoms with E-state index in [0.29, 0.717) is 12.5 Å². The van der Waals surface area contributed by atoms with Gasteiger partial charge in [0.05, 0.1) is 12.3 Å². The molecule has 1 aromatic rings. The van der Waals surface area contributed by atoms with Crippen LogP contribution in [-0.4, -0.2) is 90.4 Å². The maximum absolute atomic E-state index is 11.7. The predicted octanol–water partition coefficient (Wildman–Crippen LogP) is 0.516. The van der Waals surface area contributed by atoms with E-state index < -0.39 is 0 Å². The Morgan fingerprint density at radius 2 is 2.00 bits per heavy atom. The average Bonchev–Trinajstić information content (AvgIpc) is 3.22. The molecule has 0 radical (unpaired) electrons. The fourth-order valence-corrected chi connectivity index (χ4v) is 3.63. The summed E-state index contributed by atoms with van der Waals surface area (Å²) in [6.45, 7) is 8.25. The quantitative estimate of drug-likeness (QED) is 0.718. The molecule has 3 heterocycles. The Kier molecular flexibility index (Phi) is 6.45. The van der Waals surface area contributed by atoms with Gasteiger partial charge in [-0.1, -0.05) is 0 Å². The molecule has 1 fully saturated rings. The van der Waals surface area contributed by atoms with Crippen LogP contribution in [0.5, 0.6) is 0 Å². The molecule has 0 N–H and O–H groups in total. The van der Waals surface area contributed by atoms with Crippen LogP contribution in [0, 0.1) is 5.92 Å². The van der Waals surface area contributed by atoms with Gasteiger partial charge in [-0.25, -0.2) is 0 Å². The third kappa shape index (κ3) is 5.26. The number of aromatic nitrogens is 2. The molecule has 140 valence electrons. The summed E-state index contributed by atoms with van der Waals surface area (Å²) >= 11 is 0. The fraction of sp³-hybridized carbons (Fsp3) is 0.778. The summed E-state index contributed by atoms with van der Waals surface area (Å²) in [6.07, 6.45) is 4.55. The van der Waals surface area contributed by atoms with Crippen LogP contribution in [0.4, 0.5) is 0 Å². The van der Waals surface area contributed by atoms with E-state index in [1.807, 2.05) is 6.20 Å². The zero-order valence-corrected chi connectivity index (χ0v) is 15.6. The standard InChI is InChI=1S/C18H31N5O2/c1-20(2)18(24)15-25-14-16-11-22(10-9-21-7-3-4-8-21)13-17-5-6-19-23(17)12-16/h5-6,16H,3-4,7-15H2,1-2H3/t16-/m1/s1. The molecule has 0 aromatic carbocycles. The smallest absolute Gasteiger partial charge is 0.248 e. The van der Waals surface area contributed by atoms with E-state index >= 15 is 0 Å². The summed E-state index contributed by atoms with van der Waals surface area (Å²) in [5.74, 6) is 0.369. The highest BCUT2D eigenvalue weighted by Crippen LogP contribution is 2.17. The molecular formula is C18H31N5O2. The van der Waals surface area contributed by atoms with Crippen molar-refractivity contribution >= 4 is 5.91 Å². The van der Waals surface area contributed by atoms with Crippen molar-refractivity contribution in [2.75, 3.05) is 60.0 Å². The Labute approximate surface area is 150 Å². The van der Waals surface area contributed by atoms with E-state index in [-0.39, 0.29) is 12.5 Å². The number of ether oxygens (including phenoxy) is 1. The molecule has 2 aliphatic heterocycles. The van der Waals surface area contributed by atoms with Crippen molar-refractivity contribution in [3.63, 3.8) is 0 Å². The molecule has 7 nitrogen and oxygen atoms in total. The molecule has 0 bridgehead atoms. The summed E-state index contributed by atoms with van der Waals surface area (Å²) in [5.41, 5.74) is 1.27. The van der Waals surface area contributed by atoms with Gasteiger partial charge < -0.3 is 14.5 Å². The summed E-state index contributed by atoms with van der Waals surface area (Å²) in [4.78, 5) is 18.3. The minimum absolute atomic E-state index is 0.0132. The van der Waals surface area contributed by atoms with Crippen LogP contribution < -0.4 is 0 Å². The molecular weight excluding hydrogens is 318 g/mol. The second-order valence-corrected chi connectivity index (χ2v) is 7.46. The topological polar surface area (TPSA) is 53.8 Å². The van der Waals surface area contributed by atoms with Gasteiger partial charge >= 0.3 is 0 Å². The molecule has 1 aromatic heterocycles. The number of likely N-dealkylation sites (N-methyl/N-ethyl adjacent to an activating group) is 1. The highest BCUT2D eigenvalue weighted by Gasteiger charge is 2.23. The largest absolute Gasteiger partial charge is 0.371 e. The van der Waals surface area contributed by atoms with Crippen molar-refractivity contribution in [2.24, 2.45) is 5.92 Å². The first-order chi connectivity index (χ1) is 12.1. The third-order valence-corrected chi connectivity index (χ3v) is 5.15. The maximum Gasteiger partial charge on any atom is 0.248 e. The summed E-state index contributed by atoms with van der Waals surface area (Å²) < 4.78 is 7.80. The van der Waals surface area contributed by atoms with Crippen LogP contribution in [0.3, 0.4) is 0 Å². The Balaban J connectivity index is 1.53. The first-order valence-corrected chi connectivity index (χ1v) is 9.35. The van der Waals surface area contributed by atoms with Crippen molar-refractivity contribution in [3.8, 4) is 0 Å². The number of amides is 1. The van der Waals surface area contributed by atoms with E-state index in [1.54, 1.807) is 19.0 Å². The molecule has 25 heavy (non-hydrogen) atoms. The SMILES string of the molecule is CN(C)C(=O)COC[C@@H]1CN(CCN2CCCC2)Cc2ccnn2C1. The molecule has 0 unspecified atom stereocenters.